The van der Waals surface area contributed by atoms with Crippen LogP contribution < -0.4 is 20.1 Å². The number of nitrogens with one attached hydrogen (secondary N) is 2. The fourth-order valence-electron chi connectivity index (χ4n) is 2.39. The van der Waals surface area contributed by atoms with Crippen molar-refractivity contribution in [2.75, 3.05) is 27.4 Å². The summed E-state index contributed by atoms with van der Waals surface area (Å²) < 4.78 is 40.3. The average molecular weight is 429 g/mol. The lowest BCUT2D eigenvalue weighted by atomic mass is 10.2. The summed E-state index contributed by atoms with van der Waals surface area (Å²) in [7, 11) is 3.20. The van der Waals surface area contributed by atoms with Gasteiger partial charge in [0.25, 0.3) is 0 Å². The van der Waals surface area contributed by atoms with Gasteiger partial charge in [-0.15, -0.1) is 0 Å². The molecule has 0 amide bonds. The van der Waals surface area contributed by atoms with Crippen molar-refractivity contribution in [3.05, 3.63) is 52.7 Å². The average Bonchev–Trinajstić information content (AvgIpc) is 2.70. The van der Waals surface area contributed by atoms with Crippen LogP contribution >= 0.6 is 11.6 Å². The van der Waals surface area contributed by atoms with E-state index in [1.54, 1.807) is 32.5 Å². The van der Waals surface area contributed by atoms with Gasteiger partial charge in [0.1, 0.15) is 12.4 Å². The van der Waals surface area contributed by atoms with E-state index < -0.39 is 6.61 Å². The van der Waals surface area contributed by atoms with Gasteiger partial charge < -0.3 is 24.8 Å². The van der Waals surface area contributed by atoms with Crippen molar-refractivity contribution in [3.8, 4) is 11.6 Å². The molecule has 2 aromatic rings. The number of pyridine rings is 1. The second-order valence-corrected chi connectivity index (χ2v) is 6.16. The van der Waals surface area contributed by atoms with Crippen LogP contribution in [0.4, 0.5) is 8.78 Å². The van der Waals surface area contributed by atoms with Crippen LogP contribution in [-0.4, -0.2) is 44.9 Å². The van der Waals surface area contributed by atoms with E-state index in [9.17, 15) is 8.78 Å². The summed E-state index contributed by atoms with van der Waals surface area (Å²) in [6.07, 6.45) is 1.64. The summed E-state index contributed by atoms with van der Waals surface area (Å²) in [6.45, 7) is -1.50. The lowest BCUT2D eigenvalue weighted by Crippen LogP contribution is -2.36. The predicted molar refractivity (Wildman–Crippen MR) is 107 cm³/mol. The van der Waals surface area contributed by atoms with Crippen molar-refractivity contribution in [2.45, 2.75) is 19.7 Å². The van der Waals surface area contributed by atoms with E-state index >= 15 is 0 Å². The highest BCUT2D eigenvalue weighted by atomic mass is 35.5. The fraction of sp³-hybridized carbons (Fsp3) is 0.368. The Morgan fingerprint density at radius 2 is 1.93 bits per heavy atom. The van der Waals surface area contributed by atoms with Crippen molar-refractivity contribution >= 4 is 17.6 Å². The van der Waals surface area contributed by atoms with E-state index in [2.05, 4.69) is 25.3 Å². The molecule has 0 aliphatic carbocycles. The van der Waals surface area contributed by atoms with Gasteiger partial charge in [0, 0.05) is 49.6 Å². The van der Waals surface area contributed by atoms with E-state index in [1.807, 2.05) is 6.07 Å². The third kappa shape index (κ3) is 7.71. The molecule has 0 unspecified atom stereocenters. The Balaban J connectivity index is 1.97. The second kappa shape index (κ2) is 12.0. The highest BCUT2D eigenvalue weighted by Gasteiger charge is 2.11. The number of hydrogen-bond acceptors (Lipinski definition) is 5. The van der Waals surface area contributed by atoms with E-state index in [0.717, 1.165) is 5.56 Å². The van der Waals surface area contributed by atoms with Crippen molar-refractivity contribution < 1.29 is 23.0 Å². The molecule has 0 aliphatic rings. The molecule has 10 heteroatoms. The molecular formula is C19H23ClF2N4O3. The van der Waals surface area contributed by atoms with Gasteiger partial charge in [-0.3, -0.25) is 4.99 Å². The number of hydrogen-bond donors (Lipinski definition) is 2. The molecule has 2 N–H and O–H groups in total. The third-order valence-electron chi connectivity index (χ3n) is 3.73. The minimum Gasteiger partial charge on any atom is -0.475 e. The summed E-state index contributed by atoms with van der Waals surface area (Å²) in [5.41, 5.74) is 1.31. The van der Waals surface area contributed by atoms with Crippen LogP contribution in [0.1, 0.15) is 11.1 Å². The van der Waals surface area contributed by atoms with Crippen molar-refractivity contribution in [2.24, 2.45) is 4.99 Å². The van der Waals surface area contributed by atoms with E-state index in [-0.39, 0.29) is 12.3 Å². The maximum atomic E-state index is 12.6. The van der Waals surface area contributed by atoms with Crippen molar-refractivity contribution in [1.29, 1.82) is 0 Å². The number of ether oxygens (including phenoxy) is 3. The maximum absolute atomic E-state index is 12.6. The van der Waals surface area contributed by atoms with Gasteiger partial charge in [0.15, 0.2) is 5.96 Å². The molecule has 0 atom stereocenters. The van der Waals surface area contributed by atoms with Gasteiger partial charge in [-0.1, -0.05) is 17.7 Å². The molecule has 0 bridgehead atoms. The molecule has 1 aromatic carbocycles. The maximum Gasteiger partial charge on any atom is 0.387 e. The Kier molecular flexibility index (Phi) is 9.39. The SMILES string of the molecule is CN=C(NCc1cc(Cl)ccc1OC(F)F)NCc1cccnc1OCCOC. The molecule has 0 saturated heterocycles. The monoisotopic (exact) mass is 428 g/mol. The molecule has 0 aliphatic heterocycles. The van der Waals surface area contributed by atoms with Crippen LogP contribution in [0.2, 0.25) is 5.02 Å². The molecule has 158 valence electrons. The van der Waals surface area contributed by atoms with E-state index in [0.29, 0.717) is 42.2 Å². The molecular weight excluding hydrogens is 406 g/mol. The largest absolute Gasteiger partial charge is 0.475 e. The summed E-state index contributed by atoms with van der Waals surface area (Å²) in [5, 5.41) is 6.59. The lowest BCUT2D eigenvalue weighted by Gasteiger charge is -2.16. The number of rotatable bonds is 10. The smallest absolute Gasteiger partial charge is 0.387 e. The Hall–Kier alpha value is -2.65. The van der Waals surface area contributed by atoms with Crippen LogP contribution in [0.5, 0.6) is 11.6 Å². The zero-order valence-corrected chi connectivity index (χ0v) is 16.9. The summed E-state index contributed by atoms with van der Waals surface area (Å²) in [4.78, 5) is 8.34. The summed E-state index contributed by atoms with van der Waals surface area (Å²) in [5.74, 6) is 1.00. The van der Waals surface area contributed by atoms with Gasteiger partial charge in [-0.2, -0.15) is 8.78 Å². The molecule has 29 heavy (non-hydrogen) atoms. The first-order valence-electron chi connectivity index (χ1n) is 8.77. The molecule has 0 radical (unpaired) electrons. The quantitative estimate of drug-likeness (QED) is 0.344. The Bertz CT molecular complexity index is 809. The molecule has 1 aromatic heterocycles. The number of alkyl halides is 2. The number of methoxy groups -OCH3 is 1. The topological polar surface area (TPSA) is 77.0 Å². The molecule has 0 spiro atoms. The Morgan fingerprint density at radius 3 is 2.62 bits per heavy atom. The fourth-order valence-corrected chi connectivity index (χ4v) is 2.58. The second-order valence-electron chi connectivity index (χ2n) is 5.72. The number of guanidine groups is 1. The van der Waals surface area contributed by atoms with Crippen LogP contribution in [0.15, 0.2) is 41.5 Å². The van der Waals surface area contributed by atoms with Crippen molar-refractivity contribution in [3.63, 3.8) is 0 Å². The Morgan fingerprint density at radius 1 is 1.17 bits per heavy atom. The van der Waals surface area contributed by atoms with E-state index in [1.165, 1.54) is 12.1 Å². The molecule has 0 saturated carbocycles. The minimum atomic E-state index is -2.92. The first kappa shape index (κ1) is 22.6. The third-order valence-corrected chi connectivity index (χ3v) is 3.97. The van der Waals surface area contributed by atoms with Gasteiger partial charge in [-0.05, 0) is 24.3 Å². The molecule has 0 fully saturated rings. The minimum absolute atomic E-state index is 0.0495. The number of benzene rings is 1. The first-order chi connectivity index (χ1) is 14.0. The zero-order chi connectivity index (χ0) is 21.1. The highest BCUT2D eigenvalue weighted by Crippen LogP contribution is 2.24. The van der Waals surface area contributed by atoms with Gasteiger partial charge in [0.05, 0.1) is 6.61 Å². The predicted octanol–water partition coefficient (Wildman–Crippen LogP) is 3.23. The van der Waals surface area contributed by atoms with Crippen LogP contribution in [-0.2, 0) is 17.8 Å². The Labute approximate surface area is 173 Å². The highest BCUT2D eigenvalue weighted by molar-refractivity contribution is 6.30. The summed E-state index contributed by atoms with van der Waals surface area (Å²) >= 11 is 5.97. The zero-order valence-electron chi connectivity index (χ0n) is 16.1. The standard InChI is InChI=1S/C19H23ClF2N4O3/c1-23-19(25-11-13-4-3-7-24-17(13)28-9-8-27-2)26-12-14-10-15(20)5-6-16(14)29-18(21)22/h3-7,10,18H,8-9,11-12H2,1-2H3,(H2,23,25,26). The number of aliphatic imine (C=N–C) groups is 1. The summed E-state index contributed by atoms with van der Waals surface area (Å²) in [6, 6.07) is 8.13. The van der Waals surface area contributed by atoms with Crippen LogP contribution in [0, 0.1) is 0 Å². The number of nitrogens with zero attached hydrogens (tertiary/aromatic N) is 2. The molecule has 2 rings (SSSR count). The van der Waals surface area contributed by atoms with Crippen LogP contribution in [0.25, 0.3) is 0 Å². The van der Waals surface area contributed by atoms with Gasteiger partial charge >= 0.3 is 6.61 Å². The van der Waals surface area contributed by atoms with E-state index in [4.69, 9.17) is 21.1 Å². The van der Waals surface area contributed by atoms with Crippen molar-refractivity contribution in [1.82, 2.24) is 15.6 Å². The number of halogens is 3. The molecule has 1 heterocycles. The molecule has 7 nitrogen and oxygen atoms in total. The lowest BCUT2D eigenvalue weighted by molar-refractivity contribution is -0.0504. The van der Waals surface area contributed by atoms with Gasteiger partial charge in [-0.25, -0.2) is 4.98 Å². The van der Waals surface area contributed by atoms with Gasteiger partial charge in [0.2, 0.25) is 5.88 Å². The van der Waals surface area contributed by atoms with Crippen LogP contribution in [0.3, 0.4) is 0 Å². The first-order valence-corrected chi connectivity index (χ1v) is 9.14. The normalized spacial score (nSPS) is 11.4. The number of aromatic nitrogens is 1.